The Morgan fingerprint density at radius 2 is 1.60 bits per heavy atom. The van der Waals surface area contributed by atoms with Gasteiger partial charge in [-0.1, -0.05) is 29.8 Å². The summed E-state index contributed by atoms with van der Waals surface area (Å²) in [7, 11) is 2.12. The summed E-state index contributed by atoms with van der Waals surface area (Å²) in [6.45, 7) is 2.14. The van der Waals surface area contributed by atoms with E-state index in [1.54, 1.807) is 0 Å². The largest absolute Gasteiger partial charge is 0.344 e. The maximum atomic E-state index is 2.26. The zero-order chi connectivity index (χ0) is 10.4. The van der Waals surface area contributed by atoms with Crippen LogP contribution in [0.25, 0.3) is 21.8 Å². The van der Waals surface area contributed by atoms with E-state index in [1.165, 1.54) is 27.4 Å². The first-order valence-corrected chi connectivity index (χ1v) is 5.21. The molecular weight excluding hydrogens is 182 g/mol. The van der Waals surface area contributed by atoms with Gasteiger partial charge in [-0.25, -0.2) is 0 Å². The highest BCUT2D eigenvalue weighted by molar-refractivity contribution is 6.08. The summed E-state index contributed by atoms with van der Waals surface area (Å²) in [6, 6.07) is 15.2. The topological polar surface area (TPSA) is 4.93 Å². The van der Waals surface area contributed by atoms with Crippen molar-refractivity contribution in [3.63, 3.8) is 0 Å². The van der Waals surface area contributed by atoms with E-state index >= 15 is 0 Å². The van der Waals surface area contributed by atoms with Gasteiger partial charge in [-0.2, -0.15) is 0 Å². The number of hydrogen-bond donors (Lipinski definition) is 0. The fourth-order valence-electron chi connectivity index (χ4n) is 2.28. The molecule has 0 aliphatic carbocycles. The Labute approximate surface area is 88.9 Å². The van der Waals surface area contributed by atoms with Crippen molar-refractivity contribution in [3.05, 3.63) is 48.0 Å². The SMILES string of the molecule is Cc1ccc2c(c1)c1ccccc1n2C. The first kappa shape index (κ1) is 8.54. The lowest BCUT2D eigenvalue weighted by Crippen LogP contribution is -1.85. The van der Waals surface area contributed by atoms with Crippen LogP contribution in [-0.4, -0.2) is 4.57 Å². The number of hydrogen-bond acceptors (Lipinski definition) is 0. The van der Waals surface area contributed by atoms with Crippen molar-refractivity contribution in [2.75, 3.05) is 0 Å². The zero-order valence-corrected chi connectivity index (χ0v) is 8.99. The zero-order valence-electron chi connectivity index (χ0n) is 8.99. The Balaban J connectivity index is 2.64. The van der Waals surface area contributed by atoms with Crippen molar-refractivity contribution in [1.29, 1.82) is 0 Å². The van der Waals surface area contributed by atoms with Crippen LogP contribution in [0.2, 0.25) is 0 Å². The molecule has 1 heterocycles. The summed E-state index contributed by atoms with van der Waals surface area (Å²) >= 11 is 0. The van der Waals surface area contributed by atoms with Crippen LogP contribution in [0.3, 0.4) is 0 Å². The number of aryl methyl sites for hydroxylation is 2. The van der Waals surface area contributed by atoms with Crippen molar-refractivity contribution >= 4 is 21.8 Å². The Bertz CT molecular complexity index is 647. The quantitative estimate of drug-likeness (QED) is 0.516. The van der Waals surface area contributed by atoms with Crippen LogP contribution in [0.4, 0.5) is 0 Å². The minimum Gasteiger partial charge on any atom is -0.344 e. The van der Waals surface area contributed by atoms with Crippen molar-refractivity contribution in [1.82, 2.24) is 4.57 Å². The minimum atomic E-state index is 1.30. The molecule has 0 fully saturated rings. The number of aromatic nitrogens is 1. The highest BCUT2D eigenvalue weighted by Crippen LogP contribution is 2.28. The average Bonchev–Trinajstić information content (AvgIpc) is 2.54. The molecule has 0 aliphatic heterocycles. The van der Waals surface area contributed by atoms with E-state index in [4.69, 9.17) is 0 Å². The lowest BCUT2D eigenvalue weighted by Gasteiger charge is -1.97. The van der Waals surface area contributed by atoms with Gasteiger partial charge in [0, 0.05) is 28.9 Å². The third-order valence-corrected chi connectivity index (χ3v) is 3.07. The number of nitrogens with zero attached hydrogens (tertiary/aromatic N) is 1. The van der Waals surface area contributed by atoms with Gasteiger partial charge in [0.05, 0.1) is 0 Å². The second kappa shape index (κ2) is 2.86. The molecule has 1 nitrogen and oxygen atoms in total. The lowest BCUT2D eigenvalue weighted by molar-refractivity contribution is 1.01. The van der Waals surface area contributed by atoms with Crippen molar-refractivity contribution < 1.29 is 0 Å². The maximum Gasteiger partial charge on any atom is 0.0488 e. The number of benzene rings is 2. The molecule has 0 radical (unpaired) electrons. The Hall–Kier alpha value is -1.76. The van der Waals surface area contributed by atoms with Crippen LogP contribution in [0.5, 0.6) is 0 Å². The van der Waals surface area contributed by atoms with E-state index in [9.17, 15) is 0 Å². The van der Waals surface area contributed by atoms with Gasteiger partial charge in [-0.05, 0) is 25.1 Å². The van der Waals surface area contributed by atoms with Crippen LogP contribution in [-0.2, 0) is 7.05 Å². The van der Waals surface area contributed by atoms with Crippen molar-refractivity contribution in [2.45, 2.75) is 6.92 Å². The predicted octanol–water partition coefficient (Wildman–Crippen LogP) is 3.64. The molecule has 0 unspecified atom stereocenters. The van der Waals surface area contributed by atoms with E-state index in [2.05, 4.69) is 61.0 Å². The Morgan fingerprint density at radius 1 is 0.867 bits per heavy atom. The molecule has 0 atom stereocenters. The minimum absolute atomic E-state index is 1.30. The standard InChI is InChI=1S/C14H13N/c1-10-7-8-14-12(9-10)11-5-3-4-6-13(11)15(14)2/h3-9H,1-2H3. The third-order valence-electron chi connectivity index (χ3n) is 3.07. The Morgan fingerprint density at radius 3 is 2.47 bits per heavy atom. The fraction of sp³-hybridized carbons (Fsp3) is 0.143. The van der Waals surface area contributed by atoms with Gasteiger partial charge in [0.25, 0.3) is 0 Å². The van der Waals surface area contributed by atoms with Gasteiger partial charge in [0.15, 0.2) is 0 Å². The summed E-state index contributed by atoms with van der Waals surface area (Å²) in [6.07, 6.45) is 0. The second-order valence-electron chi connectivity index (χ2n) is 4.10. The van der Waals surface area contributed by atoms with Crippen molar-refractivity contribution in [2.24, 2.45) is 7.05 Å². The van der Waals surface area contributed by atoms with Gasteiger partial charge in [0.2, 0.25) is 0 Å². The van der Waals surface area contributed by atoms with E-state index in [0.717, 1.165) is 0 Å². The molecule has 0 saturated heterocycles. The summed E-state index contributed by atoms with van der Waals surface area (Å²) in [4.78, 5) is 0. The monoisotopic (exact) mass is 195 g/mol. The van der Waals surface area contributed by atoms with E-state index in [0.29, 0.717) is 0 Å². The molecule has 1 heteroatoms. The average molecular weight is 195 g/mol. The summed E-state index contributed by atoms with van der Waals surface area (Å²) < 4.78 is 2.25. The second-order valence-corrected chi connectivity index (χ2v) is 4.10. The summed E-state index contributed by atoms with van der Waals surface area (Å²) in [5.74, 6) is 0. The number of fused-ring (bicyclic) bond motifs is 3. The molecule has 3 rings (SSSR count). The van der Waals surface area contributed by atoms with E-state index < -0.39 is 0 Å². The highest BCUT2D eigenvalue weighted by atomic mass is 14.9. The van der Waals surface area contributed by atoms with Crippen LogP contribution in [0, 0.1) is 6.92 Å². The first-order valence-electron chi connectivity index (χ1n) is 5.21. The molecule has 1 aromatic heterocycles. The molecule has 0 amide bonds. The maximum absolute atomic E-state index is 2.26. The molecule has 0 bridgehead atoms. The predicted molar refractivity (Wildman–Crippen MR) is 65.2 cm³/mol. The van der Waals surface area contributed by atoms with Gasteiger partial charge < -0.3 is 4.57 Å². The summed E-state index contributed by atoms with van der Waals surface area (Å²) in [5.41, 5.74) is 3.93. The smallest absolute Gasteiger partial charge is 0.0488 e. The van der Waals surface area contributed by atoms with Crippen LogP contribution in [0.1, 0.15) is 5.56 Å². The van der Waals surface area contributed by atoms with Crippen LogP contribution in [0.15, 0.2) is 42.5 Å². The van der Waals surface area contributed by atoms with Crippen LogP contribution >= 0.6 is 0 Å². The van der Waals surface area contributed by atoms with Gasteiger partial charge in [-0.3, -0.25) is 0 Å². The Kier molecular flexibility index (Phi) is 1.63. The molecule has 0 N–H and O–H groups in total. The van der Waals surface area contributed by atoms with Gasteiger partial charge in [0.1, 0.15) is 0 Å². The number of para-hydroxylation sites is 1. The first-order chi connectivity index (χ1) is 7.27. The molecular formula is C14H13N. The number of rotatable bonds is 0. The molecule has 0 spiro atoms. The molecule has 15 heavy (non-hydrogen) atoms. The van der Waals surface area contributed by atoms with E-state index in [1.807, 2.05) is 0 Å². The fourth-order valence-corrected chi connectivity index (χ4v) is 2.28. The molecule has 3 aromatic rings. The molecule has 74 valence electrons. The summed E-state index contributed by atoms with van der Waals surface area (Å²) in [5, 5.41) is 2.70. The molecule has 2 aromatic carbocycles. The van der Waals surface area contributed by atoms with Crippen molar-refractivity contribution in [3.8, 4) is 0 Å². The third kappa shape index (κ3) is 1.09. The molecule has 0 saturated carbocycles. The highest BCUT2D eigenvalue weighted by Gasteiger charge is 2.06. The van der Waals surface area contributed by atoms with Crippen LogP contribution < -0.4 is 0 Å². The lowest BCUT2D eigenvalue weighted by atomic mass is 10.1. The van der Waals surface area contributed by atoms with Gasteiger partial charge >= 0.3 is 0 Å². The van der Waals surface area contributed by atoms with E-state index in [-0.39, 0.29) is 0 Å². The van der Waals surface area contributed by atoms with Gasteiger partial charge in [-0.15, -0.1) is 0 Å². The normalized spacial score (nSPS) is 11.3. The molecule has 0 aliphatic rings.